The number of hydrogen-bond acceptors (Lipinski definition) is 2. The second-order valence-corrected chi connectivity index (χ2v) is 4.06. The first-order valence-electron chi connectivity index (χ1n) is 5.84. The van der Waals surface area contributed by atoms with E-state index in [0.717, 1.165) is 12.6 Å². The molecule has 0 radical (unpaired) electrons. The normalized spacial score (nSPS) is 13.6. The molecule has 0 aliphatic carbocycles. The second kappa shape index (κ2) is 6.68. The third-order valence-electron chi connectivity index (χ3n) is 2.46. The third-order valence-corrected chi connectivity index (χ3v) is 2.46. The second-order valence-electron chi connectivity index (χ2n) is 4.06. The summed E-state index contributed by atoms with van der Waals surface area (Å²) in [5.41, 5.74) is 0.439. The molecule has 6 heteroatoms. The van der Waals surface area contributed by atoms with Crippen LogP contribution < -0.4 is 5.32 Å². The number of alkyl halides is 3. The number of pyridine rings is 1. The lowest BCUT2D eigenvalue weighted by atomic mass is 10.1. The molecule has 1 aromatic rings. The zero-order valence-corrected chi connectivity index (χ0v) is 10.1. The summed E-state index contributed by atoms with van der Waals surface area (Å²) in [6.07, 6.45) is -3.34. The van der Waals surface area contributed by atoms with E-state index in [0.29, 0.717) is 12.2 Å². The lowest BCUT2D eigenvalue weighted by molar-refractivity contribution is -0.136. The third kappa shape index (κ3) is 5.44. The van der Waals surface area contributed by atoms with Gasteiger partial charge in [-0.05, 0) is 31.5 Å². The molecule has 0 saturated carbocycles. The van der Waals surface area contributed by atoms with Crippen LogP contribution >= 0.6 is 0 Å². The Labute approximate surface area is 103 Å². The Balaban J connectivity index is 2.68. The average Bonchev–Trinajstić information content (AvgIpc) is 2.29. The van der Waals surface area contributed by atoms with Gasteiger partial charge in [-0.1, -0.05) is 6.92 Å². The van der Waals surface area contributed by atoms with Gasteiger partial charge in [-0.15, -0.1) is 0 Å². The van der Waals surface area contributed by atoms with Crippen molar-refractivity contribution in [3.05, 3.63) is 29.8 Å². The predicted molar refractivity (Wildman–Crippen MR) is 60.5 cm³/mol. The number of nitrogens with one attached hydrogen (secondary N) is 1. The Morgan fingerprint density at radius 3 is 2.56 bits per heavy atom. The van der Waals surface area contributed by atoms with Gasteiger partial charge in [0.15, 0.2) is 0 Å². The molecule has 1 rings (SSSR count). The van der Waals surface area contributed by atoms with E-state index >= 15 is 0 Å². The van der Waals surface area contributed by atoms with Crippen LogP contribution in [0.1, 0.15) is 37.9 Å². The minimum Gasteiger partial charge on any atom is -0.309 e. The van der Waals surface area contributed by atoms with Crippen LogP contribution in [0, 0.1) is 5.82 Å². The lowest BCUT2D eigenvalue weighted by Crippen LogP contribution is -2.25. The first kappa shape index (κ1) is 14.9. The number of nitrogens with zero attached hydrogens (tertiary/aromatic N) is 1. The summed E-state index contributed by atoms with van der Waals surface area (Å²) in [5, 5.41) is 2.99. The highest BCUT2D eigenvalue weighted by Crippen LogP contribution is 2.26. The first-order valence-corrected chi connectivity index (χ1v) is 5.84. The number of hydrogen-bond donors (Lipinski definition) is 1. The van der Waals surface area contributed by atoms with E-state index < -0.39 is 24.5 Å². The number of halogens is 4. The van der Waals surface area contributed by atoms with Gasteiger partial charge in [0.1, 0.15) is 5.82 Å². The van der Waals surface area contributed by atoms with Crippen molar-refractivity contribution < 1.29 is 17.6 Å². The van der Waals surface area contributed by atoms with Crippen molar-refractivity contribution in [1.82, 2.24) is 10.3 Å². The summed E-state index contributed by atoms with van der Waals surface area (Å²) in [4.78, 5) is 3.83. The molecule has 102 valence electrons. The quantitative estimate of drug-likeness (QED) is 0.794. The summed E-state index contributed by atoms with van der Waals surface area (Å²) >= 11 is 0. The van der Waals surface area contributed by atoms with E-state index in [-0.39, 0.29) is 6.42 Å². The molecule has 0 spiro atoms. The topological polar surface area (TPSA) is 24.9 Å². The molecule has 0 aliphatic rings. The zero-order valence-electron chi connectivity index (χ0n) is 10.1. The summed E-state index contributed by atoms with van der Waals surface area (Å²) in [6, 6.07) is 2.13. The maximum atomic E-state index is 12.7. The Bertz CT molecular complexity index is 348. The molecule has 0 bridgehead atoms. The lowest BCUT2D eigenvalue weighted by Gasteiger charge is -2.18. The molecular weight excluding hydrogens is 248 g/mol. The molecule has 0 fully saturated rings. The van der Waals surface area contributed by atoms with E-state index in [2.05, 4.69) is 10.3 Å². The largest absolute Gasteiger partial charge is 0.389 e. The van der Waals surface area contributed by atoms with Crippen molar-refractivity contribution in [2.24, 2.45) is 0 Å². The smallest absolute Gasteiger partial charge is 0.309 e. The fraction of sp³-hybridized carbons (Fsp3) is 0.583. The van der Waals surface area contributed by atoms with Gasteiger partial charge in [-0.25, -0.2) is 4.39 Å². The molecule has 0 aromatic carbocycles. The van der Waals surface area contributed by atoms with Crippen LogP contribution in [0.5, 0.6) is 0 Å². The van der Waals surface area contributed by atoms with Crippen molar-refractivity contribution in [2.45, 2.75) is 38.4 Å². The van der Waals surface area contributed by atoms with Crippen LogP contribution in [-0.2, 0) is 0 Å². The molecule has 0 aliphatic heterocycles. The van der Waals surface area contributed by atoms with Crippen LogP contribution in [0.4, 0.5) is 17.6 Å². The minimum absolute atomic E-state index is 0.0951. The molecule has 1 N–H and O–H groups in total. The standard InChI is InChI=1S/C12H16F4N2/c1-2-7-17-11(5-6-12(14,15)16)10-4-3-9(13)8-18-10/h3-4,8,11,17H,2,5-7H2,1H3. The van der Waals surface area contributed by atoms with Crippen LogP contribution in [0.3, 0.4) is 0 Å². The van der Waals surface area contributed by atoms with E-state index in [9.17, 15) is 17.6 Å². The van der Waals surface area contributed by atoms with Crippen LogP contribution in [0.2, 0.25) is 0 Å². The molecule has 1 unspecified atom stereocenters. The van der Waals surface area contributed by atoms with Gasteiger partial charge in [-0.3, -0.25) is 4.98 Å². The molecule has 18 heavy (non-hydrogen) atoms. The minimum atomic E-state index is -4.19. The van der Waals surface area contributed by atoms with Crippen molar-refractivity contribution in [3.63, 3.8) is 0 Å². The fourth-order valence-corrected chi connectivity index (χ4v) is 1.57. The Morgan fingerprint density at radius 1 is 1.33 bits per heavy atom. The molecule has 2 nitrogen and oxygen atoms in total. The molecule has 1 atom stereocenters. The maximum absolute atomic E-state index is 12.7. The molecule has 1 heterocycles. The maximum Gasteiger partial charge on any atom is 0.389 e. The molecule has 1 aromatic heterocycles. The monoisotopic (exact) mass is 264 g/mol. The van der Waals surface area contributed by atoms with E-state index in [1.807, 2.05) is 6.92 Å². The van der Waals surface area contributed by atoms with Crippen molar-refractivity contribution in [2.75, 3.05) is 6.54 Å². The highest BCUT2D eigenvalue weighted by molar-refractivity contribution is 5.09. The van der Waals surface area contributed by atoms with Gasteiger partial charge >= 0.3 is 6.18 Å². The van der Waals surface area contributed by atoms with Crippen LogP contribution in [0.25, 0.3) is 0 Å². The highest BCUT2D eigenvalue weighted by atomic mass is 19.4. The van der Waals surface area contributed by atoms with Gasteiger partial charge in [0, 0.05) is 12.5 Å². The van der Waals surface area contributed by atoms with Gasteiger partial charge in [0.2, 0.25) is 0 Å². The number of rotatable bonds is 6. The summed E-state index contributed by atoms with van der Waals surface area (Å²) in [7, 11) is 0. The summed E-state index contributed by atoms with van der Waals surface area (Å²) < 4.78 is 49.3. The zero-order chi connectivity index (χ0) is 13.6. The fourth-order valence-electron chi connectivity index (χ4n) is 1.57. The highest BCUT2D eigenvalue weighted by Gasteiger charge is 2.28. The molecular formula is C12H16F4N2. The van der Waals surface area contributed by atoms with Crippen molar-refractivity contribution in [1.29, 1.82) is 0 Å². The van der Waals surface area contributed by atoms with E-state index in [4.69, 9.17) is 0 Å². The summed E-state index contributed by atoms with van der Waals surface area (Å²) in [6.45, 7) is 2.52. The summed E-state index contributed by atoms with van der Waals surface area (Å²) in [5.74, 6) is -0.496. The Hall–Kier alpha value is -1.17. The van der Waals surface area contributed by atoms with Gasteiger partial charge < -0.3 is 5.32 Å². The van der Waals surface area contributed by atoms with Gasteiger partial charge in [0.05, 0.1) is 11.9 Å². The first-order chi connectivity index (χ1) is 8.42. The van der Waals surface area contributed by atoms with Crippen molar-refractivity contribution >= 4 is 0 Å². The van der Waals surface area contributed by atoms with Crippen molar-refractivity contribution in [3.8, 4) is 0 Å². The van der Waals surface area contributed by atoms with E-state index in [1.165, 1.54) is 12.1 Å². The predicted octanol–water partition coefficient (Wildman–Crippen LogP) is 3.60. The SMILES string of the molecule is CCCNC(CCC(F)(F)F)c1ccc(F)cn1. The van der Waals surface area contributed by atoms with Gasteiger partial charge in [0.25, 0.3) is 0 Å². The van der Waals surface area contributed by atoms with Crippen LogP contribution in [0.15, 0.2) is 18.3 Å². The Morgan fingerprint density at radius 2 is 2.06 bits per heavy atom. The molecule has 0 saturated heterocycles. The van der Waals surface area contributed by atoms with Gasteiger partial charge in [-0.2, -0.15) is 13.2 Å². The molecule has 0 amide bonds. The average molecular weight is 264 g/mol. The van der Waals surface area contributed by atoms with E-state index in [1.54, 1.807) is 0 Å². The van der Waals surface area contributed by atoms with Crippen LogP contribution in [-0.4, -0.2) is 17.7 Å². The number of aromatic nitrogens is 1. The Kier molecular flexibility index (Phi) is 5.53.